The van der Waals surface area contributed by atoms with Crippen LogP contribution in [-0.4, -0.2) is 11.6 Å². The van der Waals surface area contributed by atoms with Crippen molar-refractivity contribution in [1.29, 1.82) is 0 Å². The Morgan fingerprint density at radius 2 is 2.00 bits per heavy atom. The van der Waals surface area contributed by atoms with Gasteiger partial charge in [0.25, 0.3) is 0 Å². The quantitative estimate of drug-likeness (QED) is 0.886. The highest BCUT2D eigenvalue weighted by Crippen LogP contribution is 2.39. The van der Waals surface area contributed by atoms with E-state index in [-0.39, 0.29) is 5.60 Å². The summed E-state index contributed by atoms with van der Waals surface area (Å²) < 4.78 is 6.18. The zero-order chi connectivity index (χ0) is 15.1. The fourth-order valence-electron chi connectivity index (χ4n) is 3.92. The van der Waals surface area contributed by atoms with Gasteiger partial charge in [0, 0.05) is 24.6 Å². The van der Waals surface area contributed by atoms with Crippen LogP contribution in [0.25, 0.3) is 0 Å². The molecule has 0 bridgehead atoms. The number of ether oxygens (including phenoxy) is 1. The summed E-state index contributed by atoms with van der Waals surface area (Å²) in [4.78, 5) is 0. The molecule has 0 amide bonds. The van der Waals surface area contributed by atoms with Crippen molar-refractivity contribution >= 4 is 0 Å². The number of para-hydroxylation sites is 1. The molecule has 1 unspecified atom stereocenters. The van der Waals surface area contributed by atoms with Crippen molar-refractivity contribution in [2.75, 3.05) is 0 Å². The van der Waals surface area contributed by atoms with Gasteiger partial charge in [0.2, 0.25) is 0 Å². The molecule has 1 N–H and O–H groups in total. The van der Waals surface area contributed by atoms with Crippen molar-refractivity contribution in [2.24, 2.45) is 5.41 Å². The molecular formula is C19H29NO. The average Bonchev–Trinajstić information content (AvgIpc) is 2.71. The fraction of sp³-hybridized carbons (Fsp3) is 0.684. The Morgan fingerprint density at radius 3 is 2.76 bits per heavy atom. The molecule has 0 spiro atoms. The number of hydrogen-bond donors (Lipinski definition) is 1. The molecule has 1 fully saturated rings. The van der Waals surface area contributed by atoms with E-state index in [1.165, 1.54) is 36.8 Å². The molecule has 1 saturated carbocycles. The maximum absolute atomic E-state index is 6.18. The van der Waals surface area contributed by atoms with Crippen LogP contribution in [0.3, 0.4) is 0 Å². The molecule has 21 heavy (non-hydrogen) atoms. The molecule has 0 saturated heterocycles. The monoisotopic (exact) mass is 287 g/mol. The second kappa shape index (κ2) is 5.31. The average molecular weight is 287 g/mol. The van der Waals surface area contributed by atoms with Crippen molar-refractivity contribution in [3.05, 3.63) is 29.3 Å². The maximum atomic E-state index is 6.18. The lowest BCUT2D eigenvalue weighted by atomic mass is 9.73. The molecule has 2 aliphatic rings. The number of hydrogen-bond acceptors (Lipinski definition) is 2. The van der Waals surface area contributed by atoms with E-state index < -0.39 is 0 Å². The second-order valence-electron chi connectivity index (χ2n) is 8.11. The minimum Gasteiger partial charge on any atom is -0.487 e. The van der Waals surface area contributed by atoms with Crippen LogP contribution in [0, 0.1) is 5.41 Å². The predicted molar refractivity (Wildman–Crippen MR) is 87.7 cm³/mol. The first-order valence-corrected chi connectivity index (χ1v) is 8.41. The molecule has 0 aromatic heterocycles. The van der Waals surface area contributed by atoms with E-state index in [2.05, 4.69) is 51.2 Å². The van der Waals surface area contributed by atoms with Gasteiger partial charge in [-0.15, -0.1) is 0 Å². The van der Waals surface area contributed by atoms with E-state index in [9.17, 15) is 0 Å². The van der Waals surface area contributed by atoms with Gasteiger partial charge in [0.1, 0.15) is 11.4 Å². The highest BCUT2D eigenvalue weighted by molar-refractivity contribution is 5.45. The van der Waals surface area contributed by atoms with Crippen LogP contribution in [0.5, 0.6) is 5.75 Å². The molecule has 1 heterocycles. The summed E-state index contributed by atoms with van der Waals surface area (Å²) in [5, 5.41) is 3.81. The van der Waals surface area contributed by atoms with Gasteiger partial charge in [-0.2, -0.15) is 0 Å². The van der Waals surface area contributed by atoms with Crippen molar-refractivity contribution in [1.82, 2.24) is 5.32 Å². The topological polar surface area (TPSA) is 21.3 Å². The van der Waals surface area contributed by atoms with Gasteiger partial charge < -0.3 is 10.1 Å². The first-order chi connectivity index (χ1) is 9.87. The molecule has 2 heteroatoms. The SMILES string of the molecule is CC1(C)Cc2cccc(CNC3CCCCC3(C)C)c2O1. The minimum atomic E-state index is -0.0530. The smallest absolute Gasteiger partial charge is 0.127 e. The van der Waals surface area contributed by atoms with E-state index in [1.807, 2.05) is 0 Å². The van der Waals surface area contributed by atoms with E-state index in [4.69, 9.17) is 4.74 Å². The van der Waals surface area contributed by atoms with Crippen LogP contribution in [-0.2, 0) is 13.0 Å². The largest absolute Gasteiger partial charge is 0.487 e. The zero-order valence-corrected chi connectivity index (χ0v) is 14.0. The summed E-state index contributed by atoms with van der Waals surface area (Å²) in [5.41, 5.74) is 3.04. The summed E-state index contributed by atoms with van der Waals surface area (Å²) in [6, 6.07) is 7.21. The molecule has 1 atom stereocenters. The molecule has 1 aliphatic heterocycles. The van der Waals surface area contributed by atoms with Crippen molar-refractivity contribution in [3.8, 4) is 5.75 Å². The molecule has 2 nitrogen and oxygen atoms in total. The van der Waals surface area contributed by atoms with Gasteiger partial charge in [0.05, 0.1) is 0 Å². The number of benzene rings is 1. The molecule has 0 radical (unpaired) electrons. The Morgan fingerprint density at radius 1 is 1.19 bits per heavy atom. The predicted octanol–water partition coefficient (Wildman–Crippen LogP) is 4.46. The summed E-state index contributed by atoms with van der Waals surface area (Å²) in [6.45, 7) is 10.1. The minimum absolute atomic E-state index is 0.0530. The van der Waals surface area contributed by atoms with Crippen LogP contribution in [0.2, 0.25) is 0 Å². The summed E-state index contributed by atoms with van der Waals surface area (Å²) in [7, 11) is 0. The van der Waals surface area contributed by atoms with Crippen molar-refractivity contribution < 1.29 is 4.74 Å². The van der Waals surface area contributed by atoms with E-state index >= 15 is 0 Å². The van der Waals surface area contributed by atoms with Crippen LogP contribution in [0.4, 0.5) is 0 Å². The zero-order valence-electron chi connectivity index (χ0n) is 14.0. The van der Waals surface area contributed by atoms with E-state index in [0.29, 0.717) is 11.5 Å². The lowest BCUT2D eigenvalue weighted by Crippen LogP contribution is -2.43. The van der Waals surface area contributed by atoms with Crippen LogP contribution < -0.4 is 10.1 Å². The second-order valence-corrected chi connectivity index (χ2v) is 8.11. The van der Waals surface area contributed by atoms with Gasteiger partial charge >= 0.3 is 0 Å². The third kappa shape index (κ3) is 3.11. The Labute approximate surface area is 129 Å². The van der Waals surface area contributed by atoms with Gasteiger partial charge in [-0.25, -0.2) is 0 Å². The Balaban J connectivity index is 1.71. The third-order valence-corrected chi connectivity index (χ3v) is 5.22. The maximum Gasteiger partial charge on any atom is 0.127 e. The Kier molecular flexibility index (Phi) is 3.77. The highest BCUT2D eigenvalue weighted by atomic mass is 16.5. The van der Waals surface area contributed by atoms with Crippen molar-refractivity contribution in [3.63, 3.8) is 0 Å². The number of rotatable bonds is 3. The number of nitrogens with one attached hydrogen (secondary N) is 1. The Bertz CT molecular complexity index is 518. The van der Waals surface area contributed by atoms with Gasteiger partial charge in [-0.05, 0) is 37.7 Å². The molecule has 1 aromatic carbocycles. The third-order valence-electron chi connectivity index (χ3n) is 5.22. The standard InChI is InChI=1S/C19H29NO/c1-18(2)11-6-5-10-16(18)20-13-15-9-7-8-14-12-19(3,4)21-17(14)15/h7-9,16,20H,5-6,10-13H2,1-4H3. The Hall–Kier alpha value is -1.02. The molecular weight excluding hydrogens is 258 g/mol. The summed E-state index contributed by atoms with van der Waals surface area (Å²) >= 11 is 0. The first kappa shape index (κ1) is 14.9. The lowest BCUT2D eigenvalue weighted by molar-refractivity contribution is 0.135. The van der Waals surface area contributed by atoms with Crippen LogP contribution >= 0.6 is 0 Å². The van der Waals surface area contributed by atoms with Gasteiger partial charge in [-0.1, -0.05) is 44.9 Å². The van der Waals surface area contributed by atoms with Crippen LogP contribution in [0.1, 0.15) is 64.5 Å². The molecule has 1 aromatic rings. The molecule has 1 aliphatic carbocycles. The van der Waals surface area contributed by atoms with E-state index in [0.717, 1.165) is 18.7 Å². The lowest BCUT2D eigenvalue weighted by Gasteiger charge is -2.39. The normalized spacial score (nSPS) is 26.2. The highest BCUT2D eigenvalue weighted by Gasteiger charge is 2.33. The van der Waals surface area contributed by atoms with E-state index in [1.54, 1.807) is 0 Å². The van der Waals surface area contributed by atoms with Crippen LogP contribution in [0.15, 0.2) is 18.2 Å². The summed E-state index contributed by atoms with van der Waals surface area (Å²) in [5.74, 6) is 1.13. The summed E-state index contributed by atoms with van der Waals surface area (Å²) in [6.07, 6.45) is 6.39. The molecule has 116 valence electrons. The van der Waals surface area contributed by atoms with Gasteiger partial charge in [-0.3, -0.25) is 0 Å². The van der Waals surface area contributed by atoms with Crippen molar-refractivity contribution in [2.45, 2.75) is 78.0 Å². The fourth-order valence-corrected chi connectivity index (χ4v) is 3.92. The van der Waals surface area contributed by atoms with Gasteiger partial charge in [0.15, 0.2) is 0 Å². The first-order valence-electron chi connectivity index (χ1n) is 8.41. The molecule has 3 rings (SSSR count). The number of fused-ring (bicyclic) bond motifs is 1.